The van der Waals surface area contributed by atoms with Gasteiger partial charge in [-0.15, -0.1) is 0 Å². The zero-order valence-electron chi connectivity index (χ0n) is 13.3. The van der Waals surface area contributed by atoms with Gasteiger partial charge in [0.05, 0.1) is 11.2 Å². The van der Waals surface area contributed by atoms with Crippen molar-refractivity contribution in [1.29, 1.82) is 0 Å². The third-order valence-electron chi connectivity index (χ3n) is 4.07. The topological polar surface area (TPSA) is 92.4 Å². The van der Waals surface area contributed by atoms with Gasteiger partial charge in [0.2, 0.25) is 5.91 Å². The first-order chi connectivity index (χ1) is 12.0. The van der Waals surface area contributed by atoms with Gasteiger partial charge in [-0.2, -0.15) is 11.8 Å². The van der Waals surface area contributed by atoms with Gasteiger partial charge >= 0.3 is 5.97 Å². The summed E-state index contributed by atoms with van der Waals surface area (Å²) in [4.78, 5) is 27.8. The summed E-state index contributed by atoms with van der Waals surface area (Å²) in [5.74, 6) is 0.771. The summed E-state index contributed by atoms with van der Waals surface area (Å²) in [6.45, 7) is 0. The Bertz CT molecular complexity index is 786. The third kappa shape index (κ3) is 3.99. The third-order valence-corrected chi connectivity index (χ3v) is 5.59. The number of halogens is 1. The minimum Gasteiger partial charge on any atom is -0.479 e. The van der Waals surface area contributed by atoms with Gasteiger partial charge < -0.3 is 14.8 Å². The first-order valence-electron chi connectivity index (χ1n) is 7.82. The zero-order valence-corrected chi connectivity index (χ0v) is 14.9. The number of hydrogen-bond acceptors (Lipinski definition) is 5. The molecule has 1 aliphatic rings. The molecule has 0 radical (unpaired) electrons. The van der Waals surface area contributed by atoms with Crippen molar-refractivity contribution in [2.45, 2.75) is 24.8 Å². The van der Waals surface area contributed by atoms with Crippen molar-refractivity contribution in [2.24, 2.45) is 0 Å². The number of carbonyl (C=O) groups excluding carboxylic acids is 1. The number of nitrogens with one attached hydrogen (secondary N) is 1. The predicted octanol–water partition coefficient (Wildman–Crippen LogP) is 3.00. The molecule has 2 heterocycles. The van der Waals surface area contributed by atoms with Gasteiger partial charge in [-0.25, -0.2) is 9.78 Å². The molecular weight excluding hydrogens is 364 g/mol. The van der Waals surface area contributed by atoms with Gasteiger partial charge in [0.1, 0.15) is 5.54 Å². The molecule has 1 amide bonds. The highest BCUT2D eigenvalue weighted by atomic mass is 35.5. The predicted molar refractivity (Wildman–Crippen MR) is 95.7 cm³/mol. The maximum Gasteiger partial charge on any atom is 0.330 e. The van der Waals surface area contributed by atoms with Crippen molar-refractivity contribution in [2.75, 3.05) is 11.5 Å². The van der Waals surface area contributed by atoms with E-state index in [0.29, 0.717) is 35.3 Å². The number of carboxylic acid groups (broad SMARTS) is 1. The Morgan fingerprint density at radius 3 is 2.88 bits per heavy atom. The van der Waals surface area contributed by atoms with E-state index in [9.17, 15) is 14.7 Å². The average molecular weight is 381 g/mol. The smallest absolute Gasteiger partial charge is 0.330 e. The Kier molecular flexibility index (Phi) is 5.34. The molecule has 2 N–H and O–H groups in total. The van der Waals surface area contributed by atoms with Crippen LogP contribution in [-0.4, -0.2) is 39.0 Å². The van der Waals surface area contributed by atoms with E-state index < -0.39 is 11.5 Å². The Labute approximate surface area is 154 Å². The number of aliphatic carboxylic acids is 1. The summed E-state index contributed by atoms with van der Waals surface area (Å²) in [6, 6.07) is 7.26. The van der Waals surface area contributed by atoms with Crippen LogP contribution in [0.1, 0.15) is 18.7 Å². The first kappa shape index (κ1) is 17.8. The molecular formula is C17H17ClN2O4S. The van der Waals surface area contributed by atoms with Gasteiger partial charge in [-0.3, -0.25) is 4.79 Å². The van der Waals surface area contributed by atoms with Crippen molar-refractivity contribution in [1.82, 2.24) is 10.3 Å². The van der Waals surface area contributed by atoms with E-state index in [4.69, 9.17) is 16.0 Å². The minimum absolute atomic E-state index is 0.113. The van der Waals surface area contributed by atoms with Gasteiger partial charge in [0.15, 0.2) is 11.7 Å². The van der Waals surface area contributed by atoms with Gasteiger partial charge in [0, 0.05) is 24.2 Å². The molecule has 1 unspecified atom stereocenters. The van der Waals surface area contributed by atoms with Crippen LogP contribution in [0.4, 0.5) is 0 Å². The number of aryl methyl sites for hydroxylation is 1. The van der Waals surface area contributed by atoms with Gasteiger partial charge in [0.25, 0.3) is 0 Å². The van der Waals surface area contributed by atoms with E-state index in [1.54, 1.807) is 12.3 Å². The number of benzene rings is 1. The number of carbonyl (C=O) groups is 2. The molecule has 1 aliphatic heterocycles. The number of nitrogens with zero attached hydrogens (tertiary/aromatic N) is 1. The molecule has 0 saturated carbocycles. The highest BCUT2D eigenvalue weighted by Crippen LogP contribution is 2.29. The SMILES string of the molecule is O=C(CCc1ncc(-c2ccccc2Cl)o1)NC1(C(=O)O)CCSC1. The number of hydrogen-bond donors (Lipinski definition) is 2. The number of rotatable bonds is 6. The molecule has 2 aromatic rings. The maximum absolute atomic E-state index is 12.1. The lowest BCUT2D eigenvalue weighted by atomic mass is 9.99. The molecule has 1 atom stereocenters. The van der Waals surface area contributed by atoms with Gasteiger partial charge in [-0.05, 0) is 24.3 Å². The van der Waals surface area contributed by atoms with Crippen molar-refractivity contribution in [3.8, 4) is 11.3 Å². The second-order valence-electron chi connectivity index (χ2n) is 5.84. The van der Waals surface area contributed by atoms with Crippen molar-refractivity contribution in [3.63, 3.8) is 0 Å². The Hall–Kier alpha value is -1.99. The monoisotopic (exact) mass is 380 g/mol. The van der Waals surface area contributed by atoms with Crippen LogP contribution in [0.5, 0.6) is 0 Å². The van der Waals surface area contributed by atoms with Crippen LogP contribution in [0.25, 0.3) is 11.3 Å². The summed E-state index contributed by atoms with van der Waals surface area (Å²) < 4.78 is 5.65. The fourth-order valence-corrected chi connectivity index (χ4v) is 4.20. The molecule has 0 spiro atoms. The molecule has 1 aromatic carbocycles. The van der Waals surface area contributed by atoms with E-state index in [-0.39, 0.29) is 12.3 Å². The number of carboxylic acids is 1. The molecule has 25 heavy (non-hydrogen) atoms. The fraction of sp³-hybridized carbons (Fsp3) is 0.353. The molecule has 0 aliphatic carbocycles. The molecule has 1 saturated heterocycles. The minimum atomic E-state index is -1.15. The average Bonchev–Trinajstić information content (AvgIpc) is 3.23. The number of amides is 1. The molecule has 6 nitrogen and oxygen atoms in total. The second-order valence-corrected chi connectivity index (χ2v) is 7.35. The van der Waals surface area contributed by atoms with Crippen LogP contribution < -0.4 is 5.32 Å². The van der Waals surface area contributed by atoms with Gasteiger partial charge in [-0.1, -0.05) is 23.7 Å². The summed E-state index contributed by atoms with van der Waals surface area (Å²) in [5, 5.41) is 12.6. The normalized spacial score (nSPS) is 19.7. The molecule has 3 rings (SSSR count). The van der Waals surface area contributed by atoms with Crippen molar-refractivity contribution in [3.05, 3.63) is 41.4 Å². The van der Waals surface area contributed by atoms with Crippen LogP contribution in [-0.2, 0) is 16.0 Å². The van der Waals surface area contributed by atoms with E-state index in [0.717, 1.165) is 11.3 Å². The van der Waals surface area contributed by atoms with Crippen LogP contribution in [0, 0.1) is 0 Å². The molecule has 0 bridgehead atoms. The molecule has 8 heteroatoms. The second kappa shape index (κ2) is 7.49. The number of aromatic nitrogens is 1. The van der Waals surface area contributed by atoms with E-state index in [1.165, 1.54) is 11.8 Å². The Morgan fingerprint density at radius 1 is 1.40 bits per heavy atom. The highest BCUT2D eigenvalue weighted by molar-refractivity contribution is 7.99. The fourth-order valence-electron chi connectivity index (χ4n) is 2.65. The van der Waals surface area contributed by atoms with Crippen molar-refractivity contribution < 1.29 is 19.1 Å². The highest BCUT2D eigenvalue weighted by Gasteiger charge is 2.43. The molecule has 132 valence electrons. The van der Waals surface area contributed by atoms with E-state index in [2.05, 4.69) is 10.3 Å². The lowest BCUT2D eigenvalue weighted by molar-refractivity contribution is -0.146. The van der Waals surface area contributed by atoms with Crippen LogP contribution in [0.3, 0.4) is 0 Å². The molecule has 1 fully saturated rings. The Morgan fingerprint density at radius 2 is 2.20 bits per heavy atom. The number of oxazole rings is 1. The first-order valence-corrected chi connectivity index (χ1v) is 9.35. The summed E-state index contributed by atoms with van der Waals surface area (Å²) in [7, 11) is 0. The lowest BCUT2D eigenvalue weighted by Crippen LogP contribution is -2.54. The molecule has 1 aromatic heterocycles. The quantitative estimate of drug-likeness (QED) is 0.800. The number of thioether (sulfide) groups is 1. The maximum atomic E-state index is 12.1. The zero-order chi connectivity index (χ0) is 17.9. The summed E-state index contributed by atoms with van der Waals surface area (Å²) in [6.07, 6.45) is 2.41. The van der Waals surface area contributed by atoms with E-state index >= 15 is 0 Å². The summed E-state index contributed by atoms with van der Waals surface area (Å²) >= 11 is 7.66. The standard InChI is InChI=1S/C17H17ClN2O4S/c18-12-4-2-1-3-11(12)13-9-19-15(24-13)6-5-14(21)20-17(16(22)23)7-8-25-10-17/h1-4,9H,5-8,10H2,(H,20,21)(H,22,23). The largest absolute Gasteiger partial charge is 0.479 e. The van der Waals surface area contributed by atoms with Crippen LogP contribution in [0.2, 0.25) is 5.02 Å². The Balaban J connectivity index is 1.60. The van der Waals surface area contributed by atoms with Crippen molar-refractivity contribution >= 4 is 35.2 Å². The van der Waals surface area contributed by atoms with E-state index in [1.807, 2.05) is 18.2 Å². The summed E-state index contributed by atoms with van der Waals surface area (Å²) in [5.41, 5.74) is -0.415. The van der Waals surface area contributed by atoms with Crippen LogP contribution >= 0.6 is 23.4 Å². The lowest BCUT2D eigenvalue weighted by Gasteiger charge is -2.24. The van der Waals surface area contributed by atoms with Crippen LogP contribution in [0.15, 0.2) is 34.9 Å².